The zero-order valence-corrected chi connectivity index (χ0v) is 11.4. The van der Waals surface area contributed by atoms with Crippen molar-refractivity contribution in [3.05, 3.63) is 53.0 Å². The molecule has 2 heterocycles. The monoisotopic (exact) mass is 272 g/mol. The lowest BCUT2D eigenvalue weighted by Gasteiger charge is -2.11. The standard InChI is InChI=1S/C15H16N2OS/c18-12(7-8-13-4-3-9-19-13)10-17-11-16-14-5-1-2-6-15(14)17/h1-6,9,11-12,18H,7-8,10H2. The Bertz CT molecular complexity index is 645. The van der Waals surface area contributed by atoms with Crippen LogP contribution in [0.3, 0.4) is 0 Å². The summed E-state index contributed by atoms with van der Waals surface area (Å²) in [5.74, 6) is 0. The van der Waals surface area contributed by atoms with Crippen LogP contribution in [0.15, 0.2) is 48.1 Å². The fraction of sp³-hybridized carbons (Fsp3) is 0.267. The molecule has 1 N–H and O–H groups in total. The zero-order chi connectivity index (χ0) is 13.1. The molecule has 19 heavy (non-hydrogen) atoms. The van der Waals surface area contributed by atoms with Crippen molar-refractivity contribution < 1.29 is 5.11 Å². The van der Waals surface area contributed by atoms with E-state index in [1.807, 2.05) is 28.8 Å². The Kier molecular flexibility index (Phi) is 3.62. The summed E-state index contributed by atoms with van der Waals surface area (Å²) in [6.45, 7) is 0.603. The van der Waals surface area contributed by atoms with E-state index in [9.17, 15) is 5.11 Å². The van der Waals surface area contributed by atoms with Crippen LogP contribution >= 0.6 is 11.3 Å². The number of hydrogen-bond donors (Lipinski definition) is 1. The van der Waals surface area contributed by atoms with Crippen LogP contribution in [-0.4, -0.2) is 20.8 Å². The molecule has 0 aliphatic heterocycles. The third kappa shape index (κ3) is 2.85. The van der Waals surface area contributed by atoms with Gasteiger partial charge in [0.1, 0.15) is 0 Å². The Morgan fingerprint density at radius 3 is 2.95 bits per heavy atom. The van der Waals surface area contributed by atoms with Crippen molar-refractivity contribution in [2.75, 3.05) is 0 Å². The minimum absolute atomic E-state index is 0.334. The number of thiophene rings is 1. The smallest absolute Gasteiger partial charge is 0.0959 e. The molecule has 0 radical (unpaired) electrons. The maximum atomic E-state index is 10.1. The van der Waals surface area contributed by atoms with Gasteiger partial charge in [0.05, 0.1) is 30.0 Å². The van der Waals surface area contributed by atoms with E-state index in [0.29, 0.717) is 6.54 Å². The van der Waals surface area contributed by atoms with E-state index < -0.39 is 0 Å². The molecule has 3 rings (SSSR count). The molecular formula is C15H16N2OS. The Balaban J connectivity index is 1.64. The van der Waals surface area contributed by atoms with Crippen molar-refractivity contribution in [1.29, 1.82) is 0 Å². The highest BCUT2D eigenvalue weighted by Crippen LogP contribution is 2.15. The maximum absolute atomic E-state index is 10.1. The summed E-state index contributed by atoms with van der Waals surface area (Å²) in [6, 6.07) is 12.2. The number of aliphatic hydroxyl groups excluding tert-OH is 1. The van der Waals surface area contributed by atoms with Crippen molar-refractivity contribution in [1.82, 2.24) is 9.55 Å². The molecule has 3 nitrogen and oxygen atoms in total. The third-order valence-corrected chi connectivity index (χ3v) is 4.18. The predicted molar refractivity (Wildman–Crippen MR) is 78.4 cm³/mol. The molecule has 1 unspecified atom stereocenters. The minimum Gasteiger partial charge on any atom is -0.391 e. The first-order chi connectivity index (χ1) is 9.33. The molecule has 0 saturated heterocycles. The molecule has 0 spiro atoms. The summed E-state index contributed by atoms with van der Waals surface area (Å²) in [5.41, 5.74) is 2.06. The minimum atomic E-state index is -0.334. The van der Waals surface area contributed by atoms with Gasteiger partial charge in [0.2, 0.25) is 0 Å². The molecule has 1 atom stereocenters. The van der Waals surface area contributed by atoms with Crippen molar-refractivity contribution >= 4 is 22.4 Å². The maximum Gasteiger partial charge on any atom is 0.0959 e. The van der Waals surface area contributed by atoms with Crippen LogP contribution in [0, 0.1) is 0 Å². The van der Waals surface area contributed by atoms with Gasteiger partial charge >= 0.3 is 0 Å². The van der Waals surface area contributed by atoms with E-state index in [4.69, 9.17) is 0 Å². The summed E-state index contributed by atoms with van der Waals surface area (Å²) >= 11 is 1.75. The summed E-state index contributed by atoms with van der Waals surface area (Å²) < 4.78 is 2.02. The van der Waals surface area contributed by atoms with E-state index in [1.54, 1.807) is 17.7 Å². The molecule has 0 fully saturated rings. The fourth-order valence-corrected chi connectivity index (χ4v) is 2.96. The molecule has 0 bridgehead atoms. The molecule has 3 aromatic rings. The lowest BCUT2D eigenvalue weighted by Crippen LogP contribution is -2.16. The number of aryl methyl sites for hydroxylation is 1. The second-order valence-electron chi connectivity index (χ2n) is 4.66. The Hall–Kier alpha value is -1.65. The van der Waals surface area contributed by atoms with Gasteiger partial charge in [0.25, 0.3) is 0 Å². The number of rotatable bonds is 5. The first kappa shape index (κ1) is 12.4. The highest BCUT2D eigenvalue weighted by molar-refractivity contribution is 7.09. The lowest BCUT2D eigenvalue weighted by atomic mass is 10.1. The van der Waals surface area contributed by atoms with Crippen LogP contribution in [0.4, 0.5) is 0 Å². The number of para-hydroxylation sites is 2. The van der Waals surface area contributed by atoms with E-state index in [-0.39, 0.29) is 6.10 Å². The summed E-state index contributed by atoms with van der Waals surface area (Å²) in [6.07, 6.45) is 3.19. The molecule has 4 heteroatoms. The SMILES string of the molecule is OC(CCc1cccs1)Cn1cnc2ccccc21. The van der Waals surface area contributed by atoms with Crippen molar-refractivity contribution in [2.45, 2.75) is 25.5 Å². The normalized spacial score (nSPS) is 12.9. The van der Waals surface area contributed by atoms with Crippen molar-refractivity contribution in [3.63, 3.8) is 0 Å². The van der Waals surface area contributed by atoms with Crippen LogP contribution in [0.5, 0.6) is 0 Å². The first-order valence-corrected chi connectivity index (χ1v) is 7.31. The van der Waals surface area contributed by atoms with Crippen LogP contribution in [0.1, 0.15) is 11.3 Å². The number of benzene rings is 1. The second kappa shape index (κ2) is 5.55. The summed E-state index contributed by atoms with van der Waals surface area (Å²) in [7, 11) is 0. The number of aromatic nitrogens is 2. The number of nitrogens with zero attached hydrogens (tertiary/aromatic N) is 2. The van der Waals surface area contributed by atoms with Gasteiger partial charge < -0.3 is 9.67 Å². The molecule has 0 aliphatic carbocycles. The van der Waals surface area contributed by atoms with E-state index in [2.05, 4.69) is 22.5 Å². The number of aliphatic hydroxyl groups is 1. The lowest BCUT2D eigenvalue weighted by molar-refractivity contribution is 0.146. The van der Waals surface area contributed by atoms with Gasteiger partial charge in [-0.2, -0.15) is 0 Å². The Morgan fingerprint density at radius 2 is 2.11 bits per heavy atom. The van der Waals surface area contributed by atoms with Crippen LogP contribution < -0.4 is 0 Å². The zero-order valence-electron chi connectivity index (χ0n) is 10.6. The van der Waals surface area contributed by atoms with Crippen LogP contribution in [0.2, 0.25) is 0 Å². The van der Waals surface area contributed by atoms with Crippen LogP contribution in [0.25, 0.3) is 11.0 Å². The summed E-state index contributed by atoms with van der Waals surface area (Å²) in [4.78, 5) is 5.66. The van der Waals surface area contributed by atoms with E-state index in [1.165, 1.54) is 4.88 Å². The molecule has 0 saturated carbocycles. The highest BCUT2D eigenvalue weighted by atomic mass is 32.1. The fourth-order valence-electron chi connectivity index (χ4n) is 2.24. The van der Waals surface area contributed by atoms with Gasteiger partial charge in [-0.25, -0.2) is 4.98 Å². The van der Waals surface area contributed by atoms with Gasteiger partial charge in [0.15, 0.2) is 0 Å². The molecule has 0 amide bonds. The average molecular weight is 272 g/mol. The van der Waals surface area contributed by atoms with Gasteiger partial charge in [-0.1, -0.05) is 18.2 Å². The van der Waals surface area contributed by atoms with E-state index in [0.717, 1.165) is 23.9 Å². The first-order valence-electron chi connectivity index (χ1n) is 6.43. The Labute approximate surface area is 116 Å². The van der Waals surface area contributed by atoms with E-state index >= 15 is 0 Å². The molecule has 0 aliphatic rings. The number of hydrogen-bond acceptors (Lipinski definition) is 3. The van der Waals surface area contributed by atoms with Crippen molar-refractivity contribution in [3.8, 4) is 0 Å². The van der Waals surface area contributed by atoms with Crippen LogP contribution in [-0.2, 0) is 13.0 Å². The Morgan fingerprint density at radius 1 is 1.21 bits per heavy atom. The van der Waals surface area contributed by atoms with Gasteiger partial charge in [-0.3, -0.25) is 0 Å². The molecule has 2 aromatic heterocycles. The highest BCUT2D eigenvalue weighted by Gasteiger charge is 2.08. The van der Waals surface area contributed by atoms with Gasteiger partial charge in [-0.15, -0.1) is 11.3 Å². The van der Waals surface area contributed by atoms with Gasteiger partial charge in [0, 0.05) is 4.88 Å². The topological polar surface area (TPSA) is 38.0 Å². The predicted octanol–water partition coefficient (Wildman–Crippen LogP) is 3.09. The molecule has 1 aromatic carbocycles. The van der Waals surface area contributed by atoms with Gasteiger partial charge in [-0.05, 0) is 36.4 Å². The quantitative estimate of drug-likeness (QED) is 0.775. The average Bonchev–Trinajstić information content (AvgIpc) is 3.07. The second-order valence-corrected chi connectivity index (χ2v) is 5.69. The molecule has 98 valence electrons. The van der Waals surface area contributed by atoms with Crippen molar-refractivity contribution in [2.24, 2.45) is 0 Å². The number of imidazole rings is 1. The molecular weight excluding hydrogens is 256 g/mol. The largest absolute Gasteiger partial charge is 0.391 e. The number of fused-ring (bicyclic) bond motifs is 1. The summed E-state index contributed by atoms with van der Waals surface area (Å²) in [5, 5.41) is 12.2. The third-order valence-electron chi connectivity index (χ3n) is 3.24.